The van der Waals surface area contributed by atoms with Crippen LogP contribution in [-0.2, 0) is 4.79 Å². The number of H-pyrrole nitrogens is 2. The Morgan fingerprint density at radius 2 is 1.87 bits per heavy atom. The molecule has 228 valence electrons. The quantitative estimate of drug-likeness (QED) is 0.174. The van der Waals surface area contributed by atoms with Crippen LogP contribution in [0.3, 0.4) is 0 Å². The van der Waals surface area contributed by atoms with Gasteiger partial charge in [-0.1, -0.05) is 18.9 Å². The van der Waals surface area contributed by atoms with Gasteiger partial charge in [0.1, 0.15) is 29.4 Å². The summed E-state index contributed by atoms with van der Waals surface area (Å²) < 4.78 is 20.5. The van der Waals surface area contributed by atoms with Crippen LogP contribution < -0.4 is 10.1 Å². The Kier molecular flexibility index (Phi) is 7.68. The standard InChI is InChI=1S/C34H33FN8O2/c1-43(2)11-12-45-26-15-22(13-24(35)17-26)30-32-29(9-10-37-30)39-33(40-32)31-27-16-21(7-8-28(27)41-42-31)23-14-25(19-36-18-23)38-34(44)20-5-3-4-6-20/h7-10,13-20H,3-6,11-12H2,1-2H3,(H,38,44)(H,39,40)(H,41,42). The fraction of sp³-hybridized carbons (Fsp3) is 0.265. The zero-order chi connectivity index (χ0) is 30.9. The van der Waals surface area contributed by atoms with Gasteiger partial charge < -0.3 is 19.9 Å². The molecule has 0 unspecified atom stereocenters. The summed E-state index contributed by atoms with van der Waals surface area (Å²) in [6.07, 6.45) is 9.21. The van der Waals surface area contributed by atoms with Crippen LogP contribution in [0.25, 0.3) is 55.8 Å². The first-order valence-corrected chi connectivity index (χ1v) is 15.1. The lowest BCUT2D eigenvalue weighted by Crippen LogP contribution is -2.20. The van der Waals surface area contributed by atoms with E-state index in [1.807, 2.05) is 49.3 Å². The molecule has 7 rings (SSSR count). The molecule has 0 aliphatic heterocycles. The molecule has 0 atom stereocenters. The summed E-state index contributed by atoms with van der Waals surface area (Å²) in [5.41, 5.74) is 6.41. The van der Waals surface area contributed by atoms with Crippen molar-refractivity contribution in [3.8, 4) is 39.7 Å². The number of carbonyl (C=O) groups excluding carboxylic acids is 1. The van der Waals surface area contributed by atoms with Crippen molar-refractivity contribution in [1.82, 2.24) is 35.0 Å². The number of aromatic nitrogens is 6. The van der Waals surface area contributed by atoms with E-state index in [1.165, 1.54) is 12.1 Å². The number of likely N-dealkylation sites (N-methyl/N-ethyl adjacent to an activating group) is 1. The third kappa shape index (κ3) is 5.99. The summed E-state index contributed by atoms with van der Waals surface area (Å²) >= 11 is 0. The summed E-state index contributed by atoms with van der Waals surface area (Å²) in [6.45, 7) is 1.14. The van der Waals surface area contributed by atoms with Crippen molar-refractivity contribution in [3.63, 3.8) is 0 Å². The Balaban J connectivity index is 1.20. The van der Waals surface area contributed by atoms with Gasteiger partial charge in [0.05, 0.1) is 28.6 Å². The Labute approximate surface area is 259 Å². The molecule has 0 radical (unpaired) electrons. The van der Waals surface area contributed by atoms with Gasteiger partial charge in [0.15, 0.2) is 5.82 Å². The van der Waals surface area contributed by atoms with E-state index in [9.17, 15) is 9.18 Å². The van der Waals surface area contributed by atoms with Crippen molar-refractivity contribution >= 4 is 33.5 Å². The van der Waals surface area contributed by atoms with Crippen LogP contribution >= 0.6 is 0 Å². The third-order valence-electron chi connectivity index (χ3n) is 8.21. The van der Waals surface area contributed by atoms with E-state index in [1.54, 1.807) is 24.7 Å². The van der Waals surface area contributed by atoms with Gasteiger partial charge >= 0.3 is 0 Å². The molecule has 10 nitrogen and oxygen atoms in total. The van der Waals surface area contributed by atoms with Crippen molar-refractivity contribution in [2.24, 2.45) is 5.92 Å². The van der Waals surface area contributed by atoms with E-state index in [0.29, 0.717) is 52.9 Å². The Hall–Kier alpha value is -5.16. The monoisotopic (exact) mass is 604 g/mol. The van der Waals surface area contributed by atoms with Gasteiger partial charge in [-0.3, -0.25) is 19.9 Å². The molecule has 0 bridgehead atoms. The molecule has 1 saturated carbocycles. The molecule has 3 N–H and O–H groups in total. The first-order chi connectivity index (χ1) is 21.9. The molecule has 1 aliphatic carbocycles. The highest BCUT2D eigenvalue weighted by Gasteiger charge is 2.23. The number of halogens is 1. The SMILES string of the molecule is CN(C)CCOc1cc(F)cc(-c2nccc3[nH]c(-c4n[nH]c5ccc(-c6cncc(NC(=O)C7CCCC7)c6)cc45)nc23)c1. The number of hydrogen-bond acceptors (Lipinski definition) is 7. The topological polar surface area (TPSA) is 125 Å². The van der Waals surface area contributed by atoms with Gasteiger partial charge in [-0.2, -0.15) is 5.10 Å². The minimum Gasteiger partial charge on any atom is -0.492 e. The van der Waals surface area contributed by atoms with Crippen LogP contribution in [0.2, 0.25) is 0 Å². The summed E-state index contributed by atoms with van der Waals surface area (Å²) in [5.74, 6) is 0.706. The first kappa shape index (κ1) is 28.6. The second-order valence-electron chi connectivity index (χ2n) is 11.7. The van der Waals surface area contributed by atoms with Gasteiger partial charge in [0, 0.05) is 47.4 Å². The molecule has 4 aromatic heterocycles. The number of pyridine rings is 2. The molecule has 0 saturated heterocycles. The third-order valence-corrected chi connectivity index (χ3v) is 8.21. The number of rotatable bonds is 9. The maximum Gasteiger partial charge on any atom is 0.227 e. The number of fused-ring (bicyclic) bond motifs is 2. The fourth-order valence-electron chi connectivity index (χ4n) is 5.86. The number of ether oxygens (including phenoxy) is 1. The molecule has 11 heteroatoms. The average Bonchev–Trinajstić information content (AvgIpc) is 3.80. The van der Waals surface area contributed by atoms with Gasteiger partial charge in [-0.15, -0.1) is 0 Å². The molecule has 4 heterocycles. The number of carbonyl (C=O) groups is 1. The maximum atomic E-state index is 14.7. The smallest absolute Gasteiger partial charge is 0.227 e. The highest BCUT2D eigenvalue weighted by atomic mass is 19.1. The predicted molar refractivity (Wildman–Crippen MR) is 172 cm³/mol. The summed E-state index contributed by atoms with van der Waals surface area (Å²) in [7, 11) is 3.91. The number of imidazole rings is 1. The molecule has 2 aromatic carbocycles. The molecule has 0 spiro atoms. The van der Waals surface area contributed by atoms with Crippen molar-refractivity contribution in [2.75, 3.05) is 32.6 Å². The molecule has 6 aromatic rings. The molecule has 1 aliphatic rings. The van der Waals surface area contributed by atoms with E-state index >= 15 is 0 Å². The second-order valence-corrected chi connectivity index (χ2v) is 11.7. The molecule has 1 fully saturated rings. The lowest BCUT2D eigenvalue weighted by molar-refractivity contribution is -0.119. The van der Waals surface area contributed by atoms with Gasteiger partial charge in [0.2, 0.25) is 5.91 Å². The minimum absolute atomic E-state index is 0.0593. The molecule has 45 heavy (non-hydrogen) atoms. The van der Waals surface area contributed by atoms with Crippen molar-refractivity contribution in [1.29, 1.82) is 0 Å². The second kappa shape index (κ2) is 12.1. The van der Waals surface area contributed by atoms with E-state index in [0.717, 1.165) is 53.2 Å². The van der Waals surface area contributed by atoms with Gasteiger partial charge in [-0.05, 0) is 68.9 Å². The first-order valence-electron chi connectivity index (χ1n) is 15.1. The molecular weight excluding hydrogens is 571 g/mol. The van der Waals surface area contributed by atoms with Crippen molar-refractivity contribution < 1.29 is 13.9 Å². The van der Waals surface area contributed by atoms with Crippen LogP contribution in [0.5, 0.6) is 5.75 Å². The maximum absolute atomic E-state index is 14.7. The predicted octanol–water partition coefficient (Wildman–Crippen LogP) is 6.44. The fourth-order valence-corrected chi connectivity index (χ4v) is 5.86. The summed E-state index contributed by atoms with van der Waals surface area (Å²) in [5, 5.41) is 11.6. The Morgan fingerprint density at radius 1 is 1.00 bits per heavy atom. The summed E-state index contributed by atoms with van der Waals surface area (Å²) in [6, 6.07) is 14.4. The number of benzene rings is 2. The normalized spacial score (nSPS) is 13.7. The van der Waals surface area contributed by atoms with Gasteiger partial charge in [-0.25, -0.2) is 9.37 Å². The van der Waals surface area contributed by atoms with Crippen LogP contribution in [0.1, 0.15) is 25.7 Å². The Bertz CT molecular complexity index is 2010. The number of hydrogen-bond donors (Lipinski definition) is 3. The lowest BCUT2D eigenvalue weighted by atomic mass is 10.0. The minimum atomic E-state index is -0.413. The van der Waals surface area contributed by atoms with Crippen LogP contribution in [0.15, 0.2) is 67.1 Å². The van der Waals surface area contributed by atoms with Crippen LogP contribution in [0, 0.1) is 11.7 Å². The number of aromatic amines is 2. The number of nitrogens with one attached hydrogen (secondary N) is 3. The highest BCUT2D eigenvalue weighted by Crippen LogP contribution is 2.34. The Morgan fingerprint density at radius 3 is 2.71 bits per heavy atom. The van der Waals surface area contributed by atoms with Gasteiger partial charge in [0.25, 0.3) is 0 Å². The zero-order valence-electron chi connectivity index (χ0n) is 25.1. The number of anilines is 1. The van der Waals surface area contributed by atoms with Crippen molar-refractivity contribution in [2.45, 2.75) is 25.7 Å². The highest BCUT2D eigenvalue weighted by molar-refractivity contribution is 5.98. The zero-order valence-corrected chi connectivity index (χ0v) is 25.1. The molecule has 1 amide bonds. The summed E-state index contributed by atoms with van der Waals surface area (Å²) in [4.78, 5) is 31.9. The average molecular weight is 605 g/mol. The molecular formula is C34H33FN8O2. The largest absolute Gasteiger partial charge is 0.492 e. The number of nitrogens with zero attached hydrogens (tertiary/aromatic N) is 5. The van der Waals surface area contributed by atoms with Crippen LogP contribution in [0.4, 0.5) is 10.1 Å². The van der Waals surface area contributed by atoms with E-state index in [-0.39, 0.29) is 11.8 Å². The van der Waals surface area contributed by atoms with Crippen molar-refractivity contribution in [3.05, 3.63) is 72.9 Å². The van der Waals surface area contributed by atoms with E-state index < -0.39 is 5.82 Å². The van der Waals surface area contributed by atoms with E-state index in [2.05, 4.69) is 30.5 Å². The lowest BCUT2D eigenvalue weighted by Gasteiger charge is -2.12. The number of amides is 1. The van der Waals surface area contributed by atoms with E-state index in [4.69, 9.17) is 9.72 Å². The van der Waals surface area contributed by atoms with Crippen LogP contribution in [-0.4, -0.2) is 68.2 Å².